The van der Waals surface area contributed by atoms with Crippen LogP contribution in [-0.4, -0.2) is 34.3 Å². The zero-order valence-corrected chi connectivity index (χ0v) is 13.9. The summed E-state index contributed by atoms with van der Waals surface area (Å²) in [4.78, 5) is 14.3. The van der Waals surface area contributed by atoms with Gasteiger partial charge in [-0.05, 0) is 31.2 Å². The van der Waals surface area contributed by atoms with Gasteiger partial charge in [0.25, 0.3) is 0 Å². The van der Waals surface area contributed by atoms with Gasteiger partial charge >= 0.3 is 6.09 Å². The van der Waals surface area contributed by atoms with E-state index in [1.54, 1.807) is 4.90 Å². The summed E-state index contributed by atoms with van der Waals surface area (Å²) < 4.78 is 5.49. The lowest BCUT2D eigenvalue weighted by Crippen LogP contribution is -2.46. The van der Waals surface area contributed by atoms with Crippen LogP contribution in [0.3, 0.4) is 0 Å². The molecular weight excluding hydrogens is 290 g/mol. The molecule has 4 nitrogen and oxygen atoms in total. The number of likely N-dealkylation sites (tertiary alicyclic amines) is 1. The first kappa shape index (κ1) is 17.5. The Morgan fingerprint density at radius 1 is 1.43 bits per heavy atom. The lowest BCUT2D eigenvalue weighted by Gasteiger charge is -2.32. The van der Waals surface area contributed by atoms with E-state index < -0.39 is 6.10 Å². The monoisotopic (exact) mass is 317 g/mol. The van der Waals surface area contributed by atoms with Crippen LogP contribution in [-0.2, 0) is 11.3 Å². The molecule has 1 heterocycles. The molecule has 0 saturated carbocycles. The molecule has 1 amide bonds. The van der Waals surface area contributed by atoms with Crippen LogP contribution in [0.5, 0.6) is 0 Å². The van der Waals surface area contributed by atoms with Crippen molar-refractivity contribution in [2.24, 2.45) is 0 Å². The van der Waals surface area contributed by atoms with Gasteiger partial charge < -0.3 is 9.84 Å². The predicted molar refractivity (Wildman–Crippen MR) is 91.0 cm³/mol. The quantitative estimate of drug-likeness (QED) is 0.776. The normalized spacial score (nSPS) is 21.9. The van der Waals surface area contributed by atoms with E-state index in [1.165, 1.54) is 0 Å². The van der Waals surface area contributed by atoms with Gasteiger partial charge in [0, 0.05) is 6.04 Å². The van der Waals surface area contributed by atoms with Crippen molar-refractivity contribution in [2.75, 3.05) is 0 Å². The van der Waals surface area contributed by atoms with E-state index in [-0.39, 0.29) is 24.8 Å². The van der Waals surface area contributed by atoms with Gasteiger partial charge in [0.15, 0.2) is 0 Å². The highest BCUT2D eigenvalue weighted by atomic mass is 16.6. The number of amides is 1. The number of rotatable bonds is 7. The van der Waals surface area contributed by atoms with Crippen LogP contribution >= 0.6 is 0 Å². The maximum absolute atomic E-state index is 12.6. The molecule has 0 spiro atoms. The van der Waals surface area contributed by atoms with Crippen LogP contribution in [0, 0.1) is 0 Å². The molecule has 1 N–H and O–H groups in total. The van der Waals surface area contributed by atoms with E-state index in [9.17, 15) is 9.90 Å². The predicted octanol–water partition coefficient (Wildman–Crippen LogP) is 3.89. The van der Waals surface area contributed by atoms with Gasteiger partial charge in [0.1, 0.15) is 6.61 Å². The average molecular weight is 317 g/mol. The topological polar surface area (TPSA) is 49.8 Å². The molecule has 1 aromatic rings. The Hall–Kier alpha value is -1.81. The van der Waals surface area contributed by atoms with E-state index in [2.05, 4.69) is 6.58 Å². The van der Waals surface area contributed by atoms with Gasteiger partial charge in [0.05, 0.1) is 12.1 Å². The van der Waals surface area contributed by atoms with Crippen molar-refractivity contribution < 1.29 is 14.6 Å². The molecule has 1 aliphatic rings. The highest BCUT2D eigenvalue weighted by Gasteiger charge is 2.40. The highest BCUT2D eigenvalue weighted by molar-refractivity contribution is 5.69. The third-order valence-electron chi connectivity index (χ3n) is 4.43. The second-order valence-electron chi connectivity index (χ2n) is 6.13. The number of carbonyl (C=O) groups is 1. The number of aliphatic hydroxyl groups excluding tert-OH is 1. The average Bonchev–Trinajstić information content (AvgIpc) is 2.98. The van der Waals surface area contributed by atoms with Crippen LogP contribution in [0.4, 0.5) is 4.79 Å². The molecule has 126 valence electrons. The standard InChI is InChI=1S/C19H27NO3/c1-3-8-16-12-13-17(18(21)9-4-2)20(16)19(22)23-14-15-10-6-5-7-11-15/h3,5-7,10-11,16-18,21H,1,4,8-9,12-14H2,2H3/t16-,17-,18-/m0/s1. The number of hydrogen-bond donors (Lipinski definition) is 1. The molecular formula is C19H27NO3. The van der Waals surface area contributed by atoms with Crippen LogP contribution in [0.25, 0.3) is 0 Å². The maximum Gasteiger partial charge on any atom is 0.410 e. The van der Waals surface area contributed by atoms with E-state index in [1.807, 2.05) is 43.3 Å². The number of nitrogens with zero attached hydrogens (tertiary/aromatic N) is 1. The third-order valence-corrected chi connectivity index (χ3v) is 4.43. The van der Waals surface area contributed by atoms with Crippen molar-refractivity contribution in [3.63, 3.8) is 0 Å². The molecule has 2 rings (SSSR count). The van der Waals surface area contributed by atoms with E-state index >= 15 is 0 Å². The van der Waals surface area contributed by atoms with Gasteiger partial charge in [-0.15, -0.1) is 6.58 Å². The number of carbonyl (C=O) groups excluding carboxylic acids is 1. The van der Waals surface area contributed by atoms with Crippen molar-refractivity contribution in [2.45, 2.75) is 63.8 Å². The SMILES string of the molecule is C=CC[C@H]1CC[C@@H]([C@@H](O)CCC)N1C(=O)OCc1ccccc1. The lowest BCUT2D eigenvalue weighted by atomic mass is 10.0. The van der Waals surface area contributed by atoms with Gasteiger partial charge in [-0.25, -0.2) is 4.79 Å². The Labute approximate surface area is 138 Å². The summed E-state index contributed by atoms with van der Waals surface area (Å²) in [6.45, 7) is 6.07. The third kappa shape index (κ3) is 4.58. The number of hydrogen-bond acceptors (Lipinski definition) is 3. The van der Waals surface area contributed by atoms with Crippen LogP contribution in [0.1, 0.15) is 44.6 Å². The molecule has 3 atom stereocenters. The van der Waals surface area contributed by atoms with Crippen molar-refractivity contribution in [3.8, 4) is 0 Å². The second kappa shape index (κ2) is 8.73. The highest BCUT2D eigenvalue weighted by Crippen LogP contribution is 2.31. The summed E-state index contributed by atoms with van der Waals surface area (Å²) in [5.41, 5.74) is 0.964. The Morgan fingerprint density at radius 3 is 2.83 bits per heavy atom. The molecule has 0 aliphatic carbocycles. The minimum absolute atomic E-state index is 0.0762. The molecule has 0 unspecified atom stereocenters. The van der Waals surface area contributed by atoms with Crippen molar-refractivity contribution in [3.05, 3.63) is 48.6 Å². The first-order valence-electron chi connectivity index (χ1n) is 8.45. The molecule has 0 aromatic heterocycles. The Kier molecular flexibility index (Phi) is 6.66. The summed E-state index contributed by atoms with van der Waals surface area (Å²) in [5.74, 6) is 0. The van der Waals surface area contributed by atoms with Gasteiger partial charge in [-0.2, -0.15) is 0 Å². The number of ether oxygens (including phenoxy) is 1. The van der Waals surface area contributed by atoms with E-state index in [0.29, 0.717) is 6.42 Å². The fraction of sp³-hybridized carbons (Fsp3) is 0.526. The lowest BCUT2D eigenvalue weighted by molar-refractivity contribution is 0.0321. The molecule has 1 fully saturated rings. The summed E-state index contributed by atoms with van der Waals surface area (Å²) in [5, 5.41) is 10.4. The zero-order valence-electron chi connectivity index (χ0n) is 13.9. The summed E-state index contributed by atoms with van der Waals surface area (Å²) in [6.07, 6.45) is 5.05. The van der Waals surface area contributed by atoms with Crippen molar-refractivity contribution in [1.29, 1.82) is 0 Å². The first-order chi connectivity index (χ1) is 11.2. The summed E-state index contributed by atoms with van der Waals surface area (Å²) in [7, 11) is 0. The smallest absolute Gasteiger partial charge is 0.410 e. The zero-order chi connectivity index (χ0) is 16.7. The molecule has 23 heavy (non-hydrogen) atoms. The van der Waals surface area contributed by atoms with E-state index in [4.69, 9.17) is 4.74 Å². The van der Waals surface area contributed by atoms with E-state index in [0.717, 1.165) is 31.2 Å². The second-order valence-corrected chi connectivity index (χ2v) is 6.13. The van der Waals surface area contributed by atoms with Crippen molar-refractivity contribution >= 4 is 6.09 Å². The van der Waals surface area contributed by atoms with Crippen molar-refractivity contribution in [1.82, 2.24) is 4.90 Å². The van der Waals surface area contributed by atoms with Gasteiger partial charge in [-0.1, -0.05) is 49.8 Å². The molecule has 0 radical (unpaired) electrons. The summed E-state index contributed by atoms with van der Waals surface area (Å²) in [6, 6.07) is 9.57. The maximum atomic E-state index is 12.6. The van der Waals surface area contributed by atoms with Crippen LogP contribution in [0.2, 0.25) is 0 Å². The Bertz CT molecular complexity index is 503. The van der Waals surface area contributed by atoms with Crippen LogP contribution < -0.4 is 0 Å². The molecule has 0 bridgehead atoms. The first-order valence-corrected chi connectivity index (χ1v) is 8.45. The molecule has 1 saturated heterocycles. The molecule has 1 aliphatic heterocycles. The fourth-order valence-corrected chi connectivity index (χ4v) is 3.28. The molecule has 1 aromatic carbocycles. The number of benzene rings is 1. The van der Waals surface area contributed by atoms with Crippen LogP contribution in [0.15, 0.2) is 43.0 Å². The largest absolute Gasteiger partial charge is 0.445 e. The molecule has 4 heteroatoms. The number of aliphatic hydroxyl groups is 1. The van der Waals surface area contributed by atoms with Gasteiger partial charge in [0.2, 0.25) is 0 Å². The Balaban J connectivity index is 2.03. The van der Waals surface area contributed by atoms with Gasteiger partial charge in [-0.3, -0.25) is 4.90 Å². The summed E-state index contributed by atoms with van der Waals surface area (Å²) >= 11 is 0. The fourth-order valence-electron chi connectivity index (χ4n) is 3.28. The minimum atomic E-state index is -0.487. The minimum Gasteiger partial charge on any atom is -0.445 e. The Morgan fingerprint density at radius 2 is 2.17 bits per heavy atom.